The predicted octanol–water partition coefficient (Wildman–Crippen LogP) is -3.03. The minimum Gasteiger partial charge on any atom is -0.402 e. The summed E-state index contributed by atoms with van der Waals surface area (Å²) in [5.41, 5.74) is -0.589. The van der Waals surface area contributed by atoms with E-state index in [-0.39, 0.29) is 32.6 Å². The van der Waals surface area contributed by atoms with E-state index >= 15 is 0 Å². The lowest BCUT2D eigenvalue weighted by atomic mass is 9.87. The number of aliphatic hydroxyl groups excluding tert-OH is 3. The fourth-order valence-corrected chi connectivity index (χ4v) is 1.23. The molecule has 0 saturated carbocycles. The van der Waals surface area contributed by atoms with Gasteiger partial charge in [0.15, 0.2) is 0 Å². The Morgan fingerprint density at radius 2 is 1.24 bits per heavy atom. The zero-order chi connectivity index (χ0) is 16.5. The van der Waals surface area contributed by atoms with Gasteiger partial charge >= 0.3 is 14.6 Å². The molecule has 0 radical (unpaired) electrons. The van der Waals surface area contributed by atoms with E-state index in [4.69, 9.17) is 44.4 Å². The molecule has 0 unspecified atom stereocenters. The van der Waals surface area contributed by atoms with E-state index < -0.39 is 12.7 Å². The summed E-state index contributed by atoms with van der Waals surface area (Å²) in [4.78, 5) is 0. The number of rotatable bonds is 3. The molecule has 3 heterocycles. The molecule has 21 heavy (non-hydrogen) atoms. The van der Waals surface area contributed by atoms with Crippen LogP contribution in [0.1, 0.15) is 13.8 Å². The number of fused-ring (bicyclic) bond motifs is 3. The van der Waals surface area contributed by atoms with Crippen LogP contribution in [0.5, 0.6) is 0 Å². The first-order chi connectivity index (χ1) is 9.70. The van der Waals surface area contributed by atoms with Gasteiger partial charge in [0.05, 0.1) is 19.8 Å². The zero-order valence-corrected chi connectivity index (χ0v) is 12.3. The van der Waals surface area contributed by atoms with Crippen molar-refractivity contribution < 1.29 is 44.4 Å². The highest BCUT2D eigenvalue weighted by molar-refractivity contribution is 6.36. The van der Waals surface area contributed by atoms with Crippen molar-refractivity contribution >= 4 is 14.6 Å². The van der Waals surface area contributed by atoms with Gasteiger partial charge in [-0.2, -0.15) is 0 Å². The Bertz CT molecular complexity index is 242. The van der Waals surface area contributed by atoms with Crippen LogP contribution < -0.4 is 0 Å². The number of hydrogen-bond donors (Lipinski definition) is 6. The van der Waals surface area contributed by atoms with Crippen molar-refractivity contribution in [2.24, 2.45) is 10.8 Å². The first kappa shape index (κ1) is 20.8. The molecule has 3 aliphatic heterocycles. The van der Waals surface area contributed by atoms with Crippen molar-refractivity contribution in [3.8, 4) is 0 Å². The molecule has 0 amide bonds. The molecular formula is C10H24B2O9. The normalized spacial score (nSPS) is 19.1. The summed E-state index contributed by atoms with van der Waals surface area (Å²) in [6.45, 7) is 5.49. The van der Waals surface area contributed by atoms with Crippen LogP contribution in [-0.4, -0.2) is 84.7 Å². The second kappa shape index (κ2) is 9.72. The molecule has 9 nitrogen and oxygen atoms in total. The molecule has 0 spiro atoms. The Morgan fingerprint density at radius 3 is 1.33 bits per heavy atom. The highest BCUT2D eigenvalue weighted by Gasteiger charge is 2.43. The third-order valence-corrected chi connectivity index (χ3v) is 2.85. The van der Waals surface area contributed by atoms with E-state index in [0.29, 0.717) is 0 Å². The van der Waals surface area contributed by atoms with Crippen molar-refractivity contribution in [3.63, 3.8) is 0 Å². The van der Waals surface area contributed by atoms with Crippen LogP contribution in [0.15, 0.2) is 0 Å². The maximum Gasteiger partial charge on any atom is 0.639 e. The fourth-order valence-electron chi connectivity index (χ4n) is 1.23. The van der Waals surface area contributed by atoms with Crippen LogP contribution in [-0.2, 0) is 14.0 Å². The third-order valence-electron chi connectivity index (χ3n) is 2.85. The van der Waals surface area contributed by atoms with E-state index in [1.165, 1.54) is 0 Å². The SMILES string of the molecule is CC(CO)(CO)CO.CC12COB(OC1)OC2.OB(O)O. The predicted molar refractivity (Wildman–Crippen MR) is 73.5 cm³/mol. The largest absolute Gasteiger partial charge is 0.639 e. The molecule has 3 aliphatic rings. The van der Waals surface area contributed by atoms with Crippen molar-refractivity contribution in [3.05, 3.63) is 0 Å². The first-order valence-corrected chi connectivity index (χ1v) is 6.42. The lowest BCUT2D eigenvalue weighted by Crippen LogP contribution is -2.53. The Kier molecular flexibility index (Phi) is 9.61. The summed E-state index contributed by atoms with van der Waals surface area (Å²) in [5.74, 6) is 0. The fraction of sp³-hybridized carbons (Fsp3) is 1.00. The molecule has 3 rings (SSSR count). The maximum absolute atomic E-state index is 8.47. The number of aliphatic hydroxyl groups is 3. The highest BCUT2D eigenvalue weighted by Crippen LogP contribution is 2.28. The molecule has 0 aliphatic carbocycles. The van der Waals surface area contributed by atoms with Crippen molar-refractivity contribution in [1.29, 1.82) is 0 Å². The third kappa shape index (κ3) is 8.71. The van der Waals surface area contributed by atoms with Crippen LogP contribution in [0.3, 0.4) is 0 Å². The smallest absolute Gasteiger partial charge is 0.402 e. The number of hydrogen-bond acceptors (Lipinski definition) is 9. The molecule has 0 atom stereocenters. The Balaban J connectivity index is 0.000000310. The zero-order valence-electron chi connectivity index (χ0n) is 12.3. The van der Waals surface area contributed by atoms with Crippen molar-refractivity contribution in [1.82, 2.24) is 0 Å². The molecule has 3 saturated heterocycles. The summed E-state index contributed by atoms with van der Waals surface area (Å²) in [5, 5.41) is 46.9. The topological polar surface area (TPSA) is 149 Å². The van der Waals surface area contributed by atoms with E-state index in [1.807, 2.05) is 0 Å². The van der Waals surface area contributed by atoms with Crippen molar-refractivity contribution in [2.75, 3.05) is 39.6 Å². The van der Waals surface area contributed by atoms with Crippen LogP contribution >= 0.6 is 0 Å². The molecule has 11 heteroatoms. The summed E-state index contributed by atoms with van der Waals surface area (Å²) >= 11 is 0. The van der Waals surface area contributed by atoms with Gasteiger partial charge in [0, 0.05) is 30.7 Å². The average Bonchev–Trinajstić information content (AvgIpc) is 2.47. The Hall–Kier alpha value is -0.230. The molecular weight excluding hydrogens is 286 g/mol. The average molecular weight is 310 g/mol. The van der Waals surface area contributed by atoms with Crippen LogP contribution in [0, 0.1) is 10.8 Å². The summed E-state index contributed by atoms with van der Waals surface area (Å²) in [6.07, 6.45) is 0. The molecule has 0 aromatic carbocycles. The Morgan fingerprint density at radius 1 is 0.952 bits per heavy atom. The summed E-state index contributed by atoms with van der Waals surface area (Å²) in [6, 6.07) is 0. The molecule has 2 bridgehead atoms. The summed E-state index contributed by atoms with van der Waals surface area (Å²) in [7, 11) is -2.54. The van der Waals surface area contributed by atoms with Gasteiger partial charge in [0.25, 0.3) is 0 Å². The van der Waals surface area contributed by atoms with Crippen LogP contribution in [0.4, 0.5) is 0 Å². The van der Waals surface area contributed by atoms with Gasteiger partial charge in [-0.05, 0) is 0 Å². The van der Waals surface area contributed by atoms with Gasteiger partial charge in [-0.1, -0.05) is 13.8 Å². The quantitative estimate of drug-likeness (QED) is 0.299. The molecule has 6 N–H and O–H groups in total. The maximum atomic E-state index is 8.47. The molecule has 3 fully saturated rings. The van der Waals surface area contributed by atoms with E-state index in [2.05, 4.69) is 6.92 Å². The van der Waals surface area contributed by atoms with Crippen LogP contribution in [0.25, 0.3) is 0 Å². The van der Waals surface area contributed by atoms with E-state index in [9.17, 15) is 0 Å². The van der Waals surface area contributed by atoms with Gasteiger partial charge in [-0.15, -0.1) is 0 Å². The second-order valence-electron chi connectivity index (χ2n) is 5.66. The highest BCUT2D eigenvalue weighted by atomic mass is 16.8. The lowest BCUT2D eigenvalue weighted by Gasteiger charge is -2.41. The van der Waals surface area contributed by atoms with E-state index in [0.717, 1.165) is 19.8 Å². The van der Waals surface area contributed by atoms with Gasteiger partial charge in [0.2, 0.25) is 0 Å². The van der Waals surface area contributed by atoms with Gasteiger partial charge < -0.3 is 44.4 Å². The monoisotopic (exact) mass is 310 g/mol. The minimum absolute atomic E-state index is 0.120. The standard InChI is InChI=1S/C5H9BO3.C5H12O3.BH3O3/c1-5-2-7-6(8-3-5)9-4-5;1-5(2-6,3-7)4-8;2-1(3)4/h2-4H2,1H3;6-8H,2-4H2,1H3;2-4H. The van der Waals surface area contributed by atoms with Gasteiger partial charge in [-0.3, -0.25) is 0 Å². The molecule has 124 valence electrons. The van der Waals surface area contributed by atoms with Gasteiger partial charge in [0.1, 0.15) is 0 Å². The lowest BCUT2D eigenvalue weighted by molar-refractivity contribution is -0.106. The van der Waals surface area contributed by atoms with E-state index in [1.54, 1.807) is 6.92 Å². The van der Waals surface area contributed by atoms with Crippen LogP contribution in [0.2, 0.25) is 0 Å². The molecule has 0 aromatic rings. The first-order valence-electron chi connectivity index (χ1n) is 6.42. The minimum atomic E-state index is -2.17. The second-order valence-corrected chi connectivity index (χ2v) is 5.66. The summed E-state index contributed by atoms with van der Waals surface area (Å²) < 4.78 is 15.4. The van der Waals surface area contributed by atoms with Gasteiger partial charge in [-0.25, -0.2) is 0 Å². The Labute approximate surface area is 124 Å². The van der Waals surface area contributed by atoms with Crippen molar-refractivity contribution in [2.45, 2.75) is 13.8 Å². The molecule has 0 aromatic heterocycles.